The first-order chi connectivity index (χ1) is 8.95. The maximum atomic E-state index is 12.6. The van der Waals surface area contributed by atoms with Crippen LogP contribution < -0.4 is 0 Å². The van der Waals surface area contributed by atoms with Crippen molar-refractivity contribution in [2.75, 3.05) is 32.8 Å². The molecule has 0 aromatic rings. The first kappa shape index (κ1) is 15.2. The van der Waals surface area contributed by atoms with Crippen LogP contribution in [0.15, 0.2) is 0 Å². The van der Waals surface area contributed by atoms with Crippen LogP contribution in [0.25, 0.3) is 0 Å². The summed E-state index contributed by atoms with van der Waals surface area (Å²) in [6, 6.07) is 0. The number of hydrogen-bond donors (Lipinski definition) is 1. The Morgan fingerprint density at radius 3 is 2.11 bits per heavy atom. The number of nitrogens with zero attached hydrogens (tertiary/aromatic N) is 2. The van der Waals surface area contributed by atoms with Gasteiger partial charge in [-0.1, -0.05) is 13.8 Å². The van der Waals surface area contributed by atoms with Gasteiger partial charge in [0.05, 0.1) is 0 Å². The Bertz CT molecular complexity index is 391. The molecule has 2 rings (SSSR count). The van der Waals surface area contributed by atoms with Crippen LogP contribution in [-0.2, 0) is 10.2 Å². The third-order valence-corrected chi connectivity index (χ3v) is 6.78. The van der Waals surface area contributed by atoms with Crippen LogP contribution in [0, 0.1) is 17.8 Å². The summed E-state index contributed by atoms with van der Waals surface area (Å²) in [7, 11) is -3.29. The smallest absolute Gasteiger partial charge is 0.281 e. The lowest BCUT2D eigenvalue weighted by molar-refractivity contribution is 0.158. The van der Waals surface area contributed by atoms with Crippen molar-refractivity contribution in [2.45, 2.75) is 33.1 Å². The first-order valence-electron chi connectivity index (χ1n) is 7.31. The van der Waals surface area contributed by atoms with Gasteiger partial charge in [0.25, 0.3) is 10.2 Å². The Morgan fingerprint density at radius 1 is 1.00 bits per heavy atom. The van der Waals surface area contributed by atoms with E-state index in [4.69, 9.17) is 5.11 Å². The van der Waals surface area contributed by atoms with Crippen LogP contribution in [0.5, 0.6) is 0 Å². The van der Waals surface area contributed by atoms with Crippen LogP contribution in [-0.4, -0.2) is 54.9 Å². The molecule has 112 valence electrons. The van der Waals surface area contributed by atoms with Gasteiger partial charge in [-0.2, -0.15) is 17.0 Å². The SMILES string of the molecule is CC1CCN(S(=O)(=O)N2CCC(CO)CC2)CC1C. The minimum absolute atomic E-state index is 0.173. The molecule has 0 radical (unpaired) electrons. The van der Waals surface area contributed by atoms with Crippen LogP contribution in [0.2, 0.25) is 0 Å². The zero-order chi connectivity index (χ0) is 14.0. The average molecular weight is 290 g/mol. The van der Waals surface area contributed by atoms with Crippen molar-refractivity contribution in [3.8, 4) is 0 Å². The molecule has 19 heavy (non-hydrogen) atoms. The number of hydrogen-bond acceptors (Lipinski definition) is 3. The van der Waals surface area contributed by atoms with E-state index in [1.165, 1.54) is 0 Å². The van der Waals surface area contributed by atoms with Gasteiger partial charge < -0.3 is 5.11 Å². The fourth-order valence-corrected chi connectivity index (χ4v) is 4.68. The summed E-state index contributed by atoms with van der Waals surface area (Å²) in [5.74, 6) is 1.30. The van der Waals surface area contributed by atoms with Gasteiger partial charge >= 0.3 is 0 Å². The maximum Gasteiger partial charge on any atom is 0.281 e. The minimum Gasteiger partial charge on any atom is -0.396 e. The lowest BCUT2D eigenvalue weighted by Crippen LogP contribution is -2.51. The lowest BCUT2D eigenvalue weighted by Gasteiger charge is -2.39. The topological polar surface area (TPSA) is 60.9 Å². The highest BCUT2D eigenvalue weighted by Gasteiger charge is 2.36. The van der Waals surface area contributed by atoms with E-state index in [1.54, 1.807) is 8.61 Å². The van der Waals surface area contributed by atoms with Crippen molar-refractivity contribution in [1.82, 2.24) is 8.61 Å². The van der Waals surface area contributed by atoms with Crippen LogP contribution in [0.4, 0.5) is 0 Å². The van der Waals surface area contributed by atoms with Crippen molar-refractivity contribution in [1.29, 1.82) is 0 Å². The van der Waals surface area contributed by atoms with Gasteiger partial charge in [0, 0.05) is 32.8 Å². The molecule has 2 heterocycles. The van der Waals surface area contributed by atoms with Gasteiger partial charge in [-0.25, -0.2) is 0 Å². The molecule has 2 atom stereocenters. The summed E-state index contributed by atoms with van der Waals surface area (Å²) < 4.78 is 28.4. The summed E-state index contributed by atoms with van der Waals surface area (Å²) in [5.41, 5.74) is 0. The second kappa shape index (κ2) is 6.08. The van der Waals surface area contributed by atoms with Gasteiger partial charge in [0.2, 0.25) is 0 Å². The fraction of sp³-hybridized carbons (Fsp3) is 1.00. The average Bonchev–Trinajstić information content (AvgIpc) is 2.41. The van der Waals surface area contributed by atoms with E-state index in [0.29, 0.717) is 38.0 Å². The normalized spacial score (nSPS) is 32.6. The number of aliphatic hydroxyl groups excluding tert-OH is 1. The summed E-state index contributed by atoms with van der Waals surface area (Å²) in [5, 5.41) is 9.11. The standard InChI is InChI=1S/C13H26N2O3S/c1-11-3-6-15(9-12(11)2)19(17,18)14-7-4-13(10-16)5-8-14/h11-13,16H,3-10H2,1-2H3. The zero-order valence-corrected chi connectivity index (χ0v) is 12.8. The molecule has 0 aromatic carbocycles. The molecule has 2 aliphatic rings. The van der Waals surface area contributed by atoms with E-state index in [-0.39, 0.29) is 12.5 Å². The van der Waals surface area contributed by atoms with E-state index in [9.17, 15) is 8.42 Å². The third kappa shape index (κ3) is 3.29. The summed E-state index contributed by atoms with van der Waals surface area (Å²) in [4.78, 5) is 0. The molecule has 0 spiro atoms. The second-order valence-corrected chi connectivity index (χ2v) is 8.06. The molecule has 1 N–H and O–H groups in total. The molecule has 2 aliphatic heterocycles. The van der Waals surface area contributed by atoms with Crippen LogP contribution in [0.3, 0.4) is 0 Å². The van der Waals surface area contributed by atoms with Gasteiger partial charge in [0.15, 0.2) is 0 Å². The van der Waals surface area contributed by atoms with Gasteiger partial charge in [-0.05, 0) is 37.0 Å². The zero-order valence-electron chi connectivity index (χ0n) is 12.0. The monoisotopic (exact) mass is 290 g/mol. The predicted octanol–water partition coefficient (Wildman–Crippen LogP) is 0.913. The van der Waals surface area contributed by atoms with Gasteiger partial charge in [-0.3, -0.25) is 0 Å². The molecule has 0 aliphatic carbocycles. The van der Waals surface area contributed by atoms with E-state index in [2.05, 4.69) is 13.8 Å². The Hall–Kier alpha value is -0.170. The fourth-order valence-electron chi connectivity index (χ4n) is 2.92. The summed E-state index contributed by atoms with van der Waals surface area (Å²) in [6.07, 6.45) is 2.50. The Labute approximate surface area is 116 Å². The first-order valence-corrected chi connectivity index (χ1v) is 8.71. The Balaban J connectivity index is 1.99. The maximum absolute atomic E-state index is 12.6. The molecule has 0 bridgehead atoms. The molecule has 0 saturated carbocycles. The molecule has 0 aromatic heterocycles. The molecule has 2 saturated heterocycles. The number of piperidine rings is 2. The Morgan fingerprint density at radius 2 is 1.58 bits per heavy atom. The highest BCUT2D eigenvalue weighted by molar-refractivity contribution is 7.86. The summed E-state index contributed by atoms with van der Waals surface area (Å²) in [6.45, 7) is 6.89. The van der Waals surface area contributed by atoms with E-state index >= 15 is 0 Å². The predicted molar refractivity (Wildman–Crippen MR) is 74.8 cm³/mol. The number of aliphatic hydroxyl groups is 1. The van der Waals surface area contributed by atoms with E-state index in [0.717, 1.165) is 19.3 Å². The van der Waals surface area contributed by atoms with Crippen molar-refractivity contribution in [2.24, 2.45) is 17.8 Å². The Kier molecular flexibility index (Phi) is 4.87. The molecular formula is C13H26N2O3S. The van der Waals surface area contributed by atoms with Crippen molar-refractivity contribution >= 4 is 10.2 Å². The van der Waals surface area contributed by atoms with Crippen LogP contribution >= 0.6 is 0 Å². The van der Waals surface area contributed by atoms with Crippen molar-refractivity contribution in [3.05, 3.63) is 0 Å². The van der Waals surface area contributed by atoms with Crippen molar-refractivity contribution < 1.29 is 13.5 Å². The molecule has 6 heteroatoms. The van der Waals surface area contributed by atoms with Gasteiger partial charge in [-0.15, -0.1) is 0 Å². The van der Waals surface area contributed by atoms with Crippen LogP contribution in [0.1, 0.15) is 33.1 Å². The van der Waals surface area contributed by atoms with Crippen molar-refractivity contribution in [3.63, 3.8) is 0 Å². The molecule has 0 amide bonds. The molecule has 2 fully saturated rings. The molecule has 2 unspecified atom stereocenters. The molecular weight excluding hydrogens is 264 g/mol. The highest BCUT2D eigenvalue weighted by Crippen LogP contribution is 2.27. The number of rotatable bonds is 3. The molecule has 5 nitrogen and oxygen atoms in total. The minimum atomic E-state index is -3.29. The third-order valence-electron chi connectivity index (χ3n) is 4.78. The quantitative estimate of drug-likeness (QED) is 0.840. The lowest BCUT2D eigenvalue weighted by atomic mass is 9.90. The second-order valence-electron chi connectivity index (χ2n) is 6.13. The van der Waals surface area contributed by atoms with E-state index < -0.39 is 10.2 Å². The largest absolute Gasteiger partial charge is 0.396 e. The van der Waals surface area contributed by atoms with Gasteiger partial charge in [0.1, 0.15) is 0 Å². The summed E-state index contributed by atoms with van der Waals surface area (Å²) >= 11 is 0. The van der Waals surface area contributed by atoms with E-state index in [1.807, 2.05) is 0 Å². The highest BCUT2D eigenvalue weighted by atomic mass is 32.2.